The molecule has 24 heavy (non-hydrogen) atoms. The van der Waals surface area contributed by atoms with Crippen LogP contribution in [0, 0.1) is 5.82 Å². The number of benzene rings is 2. The first-order chi connectivity index (χ1) is 10.8. The average molecular weight is 441 g/mol. The van der Waals surface area contributed by atoms with Gasteiger partial charge in [-0.25, -0.2) is 4.39 Å². The molecule has 0 unspecified atom stereocenters. The topological polar surface area (TPSA) is 69.6 Å². The van der Waals surface area contributed by atoms with E-state index < -0.39 is 21.7 Å². The Kier molecular flexibility index (Phi) is 8.11. The van der Waals surface area contributed by atoms with E-state index in [2.05, 4.69) is 20.3 Å². The minimum Gasteiger partial charge on any atom is -0.858 e. The molecular formula is C15H9BrClFNNaO3S. The molecular weight excluding hydrogens is 432 g/mol. The summed E-state index contributed by atoms with van der Waals surface area (Å²) >= 11 is 8.78. The third-order valence-electron chi connectivity index (χ3n) is 2.65. The van der Waals surface area contributed by atoms with Crippen molar-refractivity contribution in [3.8, 4) is 0 Å². The molecule has 2 aromatic carbocycles. The predicted octanol–water partition coefficient (Wildman–Crippen LogP) is 0.353. The molecule has 9 heteroatoms. The maximum Gasteiger partial charge on any atom is 1.00 e. The quantitative estimate of drug-likeness (QED) is 0.391. The minimum atomic E-state index is -4.13. The fraction of sp³-hybridized carbons (Fsp3) is 0. The van der Waals surface area contributed by atoms with Gasteiger partial charge in [0.1, 0.15) is 5.82 Å². The molecule has 0 atom stereocenters. The van der Waals surface area contributed by atoms with E-state index in [-0.39, 0.29) is 39.6 Å². The summed E-state index contributed by atoms with van der Waals surface area (Å²) in [7, 11) is -4.13. The number of rotatable bonds is 4. The SMILES string of the molecule is O=S(=O)(/C=C/c1cccc(Cl)c1)/N=C(\[O-])c1ccc(F)cc1Br.[Na+]. The Hall–Kier alpha value is -0.700. The third kappa shape index (κ3) is 6.31. The van der Waals surface area contributed by atoms with Crippen molar-refractivity contribution in [1.29, 1.82) is 0 Å². The van der Waals surface area contributed by atoms with Gasteiger partial charge >= 0.3 is 29.6 Å². The molecule has 120 valence electrons. The van der Waals surface area contributed by atoms with E-state index >= 15 is 0 Å². The second kappa shape index (κ2) is 9.12. The first-order valence-corrected chi connectivity index (χ1v) is 8.85. The molecule has 0 radical (unpaired) electrons. The number of hydrogen-bond donors (Lipinski definition) is 0. The Morgan fingerprint density at radius 1 is 1.25 bits per heavy atom. The summed E-state index contributed by atoms with van der Waals surface area (Å²) in [6.07, 6.45) is 1.28. The monoisotopic (exact) mass is 439 g/mol. The Bertz CT molecular complexity index is 903. The maximum absolute atomic E-state index is 13.0. The predicted molar refractivity (Wildman–Crippen MR) is 90.0 cm³/mol. The first kappa shape index (κ1) is 21.3. The molecule has 0 aliphatic rings. The summed E-state index contributed by atoms with van der Waals surface area (Å²) in [5.41, 5.74) is 0.498. The summed E-state index contributed by atoms with van der Waals surface area (Å²) in [5, 5.41) is 13.2. The summed E-state index contributed by atoms with van der Waals surface area (Å²) in [4.78, 5) is 0. The average Bonchev–Trinajstić information content (AvgIpc) is 2.44. The van der Waals surface area contributed by atoms with E-state index in [1.165, 1.54) is 6.08 Å². The molecule has 0 fully saturated rings. The van der Waals surface area contributed by atoms with Crippen LogP contribution in [0.1, 0.15) is 11.1 Å². The molecule has 0 N–H and O–H groups in total. The van der Waals surface area contributed by atoms with E-state index in [0.717, 1.165) is 23.6 Å². The molecule has 0 spiro atoms. The van der Waals surface area contributed by atoms with Gasteiger partial charge in [-0.1, -0.05) is 39.7 Å². The number of hydrogen-bond acceptors (Lipinski definition) is 3. The van der Waals surface area contributed by atoms with Crippen molar-refractivity contribution < 1.29 is 47.5 Å². The molecule has 4 nitrogen and oxygen atoms in total. The molecule has 0 saturated carbocycles. The van der Waals surface area contributed by atoms with Crippen LogP contribution in [0.3, 0.4) is 0 Å². The molecule has 0 aromatic heterocycles. The maximum atomic E-state index is 13.0. The normalized spacial score (nSPS) is 12.2. The van der Waals surface area contributed by atoms with Gasteiger partial charge in [0.15, 0.2) is 0 Å². The van der Waals surface area contributed by atoms with E-state index in [4.69, 9.17) is 11.6 Å². The first-order valence-electron chi connectivity index (χ1n) is 6.18. The zero-order valence-electron chi connectivity index (χ0n) is 12.4. The van der Waals surface area contributed by atoms with Gasteiger partial charge in [0, 0.05) is 21.0 Å². The molecule has 0 aliphatic heterocycles. The molecule has 0 aliphatic carbocycles. The van der Waals surface area contributed by atoms with Crippen molar-refractivity contribution in [1.82, 2.24) is 0 Å². The van der Waals surface area contributed by atoms with Gasteiger partial charge in [-0.15, -0.1) is 0 Å². The van der Waals surface area contributed by atoms with Crippen LogP contribution in [0.4, 0.5) is 4.39 Å². The molecule has 0 heterocycles. The number of halogens is 3. The van der Waals surface area contributed by atoms with Crippen molar-refractivity contribution >= 4 is 49.5 Å². The number of sulfonamides is 1. The second-order valence-electron chi connectivity index (χ2n) is 4.39. The fourth-order valence-corrected chi connectivity index (χ4v) is 3.07. The van der Waals surface area contributed by atoms with Gasteiger partial charge in [0.2, 0.25) is 0 Å². The van der Waals surface area contributed by atoms with Crippen LogP contribution in [0.2, 0.25) is 5.02 Å². The van der Waals surface area contributed by atoms with E-state index in [1.807, 2.05) is 0 Å². The zero-order valence-corrected chi connectivity index (χ0v) is 17.6. The van der Waals surface area contributed by atoms with Crippen LogP contribution in [0.25, 0.3) is 6.08 Å². The van der Waals surface area contributed by atoms with E-state index in [1.54, 1.807) is 24.3 Å². The molecule has 0 amide bonds. The van der Waals surface area contributed by atoms with Gasteiger partial charge < -0.3 is 5.11 Å². The van der Waals surface area contributed by atoms with Crippen molar-refractivity contribution in [2.75, 3.05) is 0 Å². The molecule has 2 aromatic rings. The van der Waals surface area contributed by atoms with E-state index in [0.29, 0.717) is 10.6 Å². The van der Waals surface area contributed by atoms with E-state index in [9.17, 15) is 17.9 Å². The fourth-order valence-electron chi connectivity index (χ4n) is 1.63. The molecule has 0 bridgehead atoms. The van der Waals surface area contributed by atoms with Gasteiger partial charge in [-0.3, -0.25) is 0 Å². The van der Waals surface area contributed by atoms with Crippen molar-refractivity contribution in [2.45, 2.75) is 0 Å². The minimum absolute atomic E-state index is 0. The largest absolute Gasteiger partial charge is 1.00 e. The second-order valence-corrected chi connectivity index (χ2v) is 7.17. The van der Waals surface area contributed by atoms with Crippen LogP contribution in [-0.4, -0.2) is 14.3 Å². The van der Waals surface area contributed by atoms with Gasteiger partial charge in [-0.2, -0.15) is 12.8 Å². The standard InChI is InChI=1S/C15H10BrClFNO3S.Na/c16-14-9-12(18)4-5-13(14)15(20)19-23(21,22)7-6-10-2-1-3-11(17)8-10;/h1-9H,(H,19,20);/q;+1/p-1/b7-6+;. The summed E-state index contributed by atoms with van der Waals surface area (Å²) < 4.78 is 40.0. The smallest absolute Gasteiger partial charge is 0.858 e. The summed E-state index contributed by atoms with van der Waals surface area (Å²) in [5.74, 6) is -1.55. The molecule has 2 rings (SSSR count). The zero-order chi connectivity index (χ0) is 17.0. The van der Waals surface area contributed by atoms with Crippen LogP contribution in [-0.2, 0) is 10.0 Å². The van der Waals surface area contributed by atoms with Crippen LogP contribution in [0.5, 0.6) is 0 Å². The Morgan fingerprint density at radius 3 is 2.58 bits per heavy atom. The van der Waals surface area contributed by atoms with Crippen molar-refractivity contribution in [3.05, 3.63) is 74.3 Å². The summed E-state index contributed by atoms with van der Waals surface area (Å²) in [6, 6.07) is 9.77. The Labute approximate surface area is 174 Å². The molecule has 0 saturated heterocycles. The third-order valence-corrected chi connectivity index (χ3v) is 4.44. The summed E-state index contributed by atoms with van der Waals surface area (Å²) in [6.45, 7) is 0. The number of nitrogens with zero attached hydrogens (tertiary/aromatic N) is 1. The van der Waals surface area contributed by atoms with Crippen LogP contribution < -0.4 is 34.7 Å². The van der Waals surface area contributed by atoms with Crippen molar-refractivity contribution in [2.24, 2.45) is 4.40 Å². The Morgan fingerprint density at radius 2 is 1.96 bits per heavy atom. The van der Waals surface area contributed by atoms with Crippen LogP contribution >= 0.6 is 27.5 Å². The van der Waals surface area contributed by atoms with Gasteiger partial charge in [0.25, 0.3) is 10.0 Å². The van der Waals surface area contributed by atoms with Crippen LogP contribution in [0.15, 0.2) is 56.7 Å². The Balaban J connectivity index is 0.00000288. The van der Waals surface area contributed by atoms with Gasteiger partial charge in [-0.05, 0) is 42.0 Å². The van der Waals surface area contributed by atoms with Crippen molar-refractivity contribution in [3.63, 3.8) is 0 Å². The van der Waals surface area contributed by atoms with Gasteiger partial charge in [0.05, 0.1) is 5.41 Å².